The second kappa shape index (κ2) is 6.08. The van der Waals surface area contributed by atoms with Crippen molar-refractivity contribution in [3.8, 4) is 11.3 Å². The largest absolute Gasteiger partial charge is 0.363 e. The zero-order chi connectivity index (χ0) is 16.4. The van der Waals surface area contributed by atoms with Crippen molar-refractivity contribution in [1.82, 2.24) is 19.4 Å². The summed E-state index contributed by atoms with van der Waals surface area (Å²) in [6, 6.07) is 10.5. The van der Waals surface area contributed by atoms with E-state index in [2.05, 4.69) is 20.3 Å². The molecule has 0 saturated heterocycles. The van der Waals surface area contributed by atoms with Gasteiger partial charge >= 0.3 is 0 Å². The Kier molecular flexibility index (Phi) is 3.63. The molecule has 0 saturated carbocycles. The highest BCUT2D eigenvalue weighted by molar-refractivity contribution is 5.70. The van der Waals surface area contributed by atoms with Crippen LogP contribution in [0.3, 0.4) is 0 Å². The van der Waals surface area contributed by atoms with Crippen molar-refractivity contribution in [3.63, 3.8) is 0 Å². The van der Waals surface area contributed by atoms with Crippen LogP contribution in [0.1, 0.15) is 5.56 Å². The van der Waals surface area contributed by atoms with E-state index in [1.54, 1.807) is 49.2 Å². The average molecular weight is 319 g/mol. The summed E-state index contributed by atoms with van der Waals surface area (Å²) in [6.07, 6.45) is 8.63. The Morgan fingerprint density at radius 1 is 1.00 bits per heavy atom. The number of benzene rings is 1. The van der Waals surface area contributed by atoms with Gasteiger partial charge < -0.3 is 5.32 Å². The molecule has 1 aromatic carbocycles. The molecular formula is C18H14FN5. The summed E-state index contributed by atoms with van der Waals surface area (Å²) in [5.41, 5.74) is 2.89. The molecule has 0 aliphatic carbocycles. The highest BCUT2D eigenvalue weighted by atomic mass is 19.1. The molecule has 6 heteroatoms. The van der Waals surface area contributed by atoms with Crippen molar-refractivity contribution in [2.24, 2.45) is 0 Å². The van der Waals surface area contributed by atoms with Crippen molar-refractivity contribution >= 4 is 11.5 Å². The van der Waals surface area contributed by atoms with E-state index in [4.69, 9.17) is 0 Å². The third-order valence-corrected chi connectivity index (χ3v) is 3.76. The number of nitrogens with one attached hydrogen (secondary N) is 1. The molecule has 0 amide bonds. The highest BCUT2D eigenvalue weighted by Crippen LogP contribution is 2.25. The van der Waals surface area contributed by atoms with Gasteiger partial charge in [0.25, 0.3) is 0 Å². The number of halogens is 1. The standard InChI is InChI=1S/C18H14FN5/c19-15-6-2-1-5-14(15)16-12-23-18-17(21-8-9-24(16)18)22-11-13-4-3-7-20-10-13/h1-10,12H,11H2,(H,21,22). The second-order valence-corrected chi connectivity index (χ2v) is 5.31. The molecule has 3 aromatic heterocycles. The lowest BCUT2D eigenvalue weighted by Crippen LogP contribution is -2.04. The Bertz CT molecular complexity index is 981. The maximum atomic E-state index is 14.1. The predicted molar refractivity (Wildman–Crippen MR) is 89.9 cm³/mol. The topological polar surface area (TPSA) is 55.1 Å². The summed E-state index contributed by atoms with van der Waals surface area (Å²) in [7, 11) is 0. The monoisotopic (exact) mass is 319 g/mol. The molecule has 0 atom stereocenters. The summed E-state index contributed by atoms with van der Waals surface area (Å²) < 4.78 is 15.9. The van der Waals surface area contributed by atoms with Gasteiger partial charge in [-0.25, -0.2) is 14.4 Å². The number of nitrogens with zero attached hydrogens (tertiary/aromatic N) is 4. The van der Waals surface area contributed by atoms with Crippen LogP contribution in [0.15, 0.2) is 67.4 Å². The summed E-state index contributed by atoms with van der Waals surface area (Å²) in [5, 5.41) is 3.26. The van der Waals surface area contributed by atoms with Crippen LogP contribution >= 0.6 is 0 Å². The van der Waals surface area contributed by atoms with Gasteiger partial charge in [-0.15, -0.1) is 0 Å². The second-order valence-electron chi connectivity index (χ2n) is 5.31. The van der Waals surface area contributed by atoms with Crippen molar-refractivity contribution in [2.45, 2.75) is 6.54 Å². The first kappa shape index (κ1) is 14.3. The molecule has 0 spiro atoms. The van der Waals surface area contributed by atoms with E-state index in [1.165, 1.54) is 6.07 Å². The van der Waals surface area contributed by atoms with E-state index in [-0.39, 0.29) is 5.82 Å². The third kappa shape index (κ3) is 2.58. The number of aromatic nitrogens is 4. The molecule has 118 valence electrons. The van der Waals surface area contributed by atoms with Gasteiger partial charge in [-0.2, -0.15) is 0 Å². The van der Waals surface area contributed by atoms with Crippen LogP contribution in [0.5, 0.6) is 0 Å². The molecular weight excluding hydrogens is 305 g/mol. The van der Waals surface area contributed by atoms with Crippen LogP contribution < -0.4 is 5.32 Å². The number of imidazole rings is 1. The molecule has 5 nitrogen and oxygen atoms in total. The first-order valence-electron chi connectivity index (χ1n) is 7.52. The maximum Gasteiger partial charge on any atom is 0.180 e. The third-order valence-electron chi connectivity index (χ3n) is 3.76. The van der Waals surface area contributed by atoms with E-state index in [0.717, 1.165) is 5.56 Å². The zero-order valence-corrected chi connectivity index (χ0v) is 12.7. The molecule has 24 heavy (non-hydrogen) atoms. The Morgan fingerprint density at radius 3 is 2.75 bits per heavy atom. The summed E-state index contributed by atoms with van der Waals surface area (Å²) >= 11 is 0. The molecule has 1 N–H and O–H groups in total. The van der Waals surface area contributed by atoms with Crippen LogP contribution in [0.4, 0.5) is 10.2 Å². The smallest absolute Gasteiger partial charge is 0.180 e. The quantitative estimate of drug-likeness (QED) is 0.625. The lowest BCUT2D eigenvalue weighted by atomic mass is 10.1. The fraction of sp³-hybridized carbons (Fsp3) is 0.0556. The van der Waals surface area contributed by atoms with Crippen LogP contribution in [0.25, 0.3) is 16.9 Å². The minimum absolute atomic E-state index is 0.277. The number of rotatable bonds is 4. The van der Waals surface area contributed by atoms with Gasteiger partial charge in [-0.05, 0) is 23.8 Å². The Balaban J connectivity index is 1.70. The molecule has 4 rings (SSSR count). The van der Waals surface area contributed by atoms with Crippen molar-refractivity contribution < 1.29 is 4.39 Å². The molecule has 3 heterocycles. The van der Waals surface area contributed by atoms with E-state index in [9.17, 15) is 4.39 Å². The average Bonchev–Trinajstić information content (AvgIpc) is 3.06. The number of anilines is 1. The number of hydrogen-bond acceptors (Lipinski definition) is 4. The molecule has 0 fully saturated rings. The lowest BCUT2D eigenvalue weighted by Gasteiger charge is -2.08. The summed E-state index contributed by atoms with van der Waals surface area (Å²) in [4.78, 5) is 12.8. The molecule has 0 aliphatic rings. The molecule has 0 aliphatic heterocycles. The summed E-state index contributed by atoms with van der Waals surface area (Å²) in [6.45, 7) is 0.586. The first-order chi connectivity index (χ1) is 11.8. The van der Waals surface area contributed by atoms with E-state index < -0.39 is 0 Å². The van der Waals surface area contributed by atoms with Gasteiger partial charge in [0.1, 0.15) is 5.82 Å². The Hall–Kier alpha value is -3.28. The minimum atomic E-state index is -0.277. The number of hydrogen-bond donors (Lipinski definition) is 1. The zero-order valence-electron chi connectivity index (χ0n) is 12.7. The Labute approximate surface area is 137 Å². The first-order valence-corrected chi connectivity index (χ1v) is 7.52. The van der Waals surface area contributed by atoms with Gasteiger partial charge in [0.05, 0.1) is 11.9 Å². The summed E-state index contributed by atoms with van der Waals surface area (Å²) in [5.74, 6) is 0.366. The number of pyridine rings is 1. The maximum absolute atomic E-state index is 14.1. The van der Waals surface area contributed by atoms with E-state index in [0.29, 0.717) is 29.3 Å². The van der Waals surface area contributed by atoms with Crippen LogP contribution in [-0.2, 0) is 6.54 Å². The minimum Gasteiger partial charge on any atom is -0.363 e. The van der Waals surface area contributed by atoms with Crippen molar-refractivity contribution in [2.75, 3.05) is 5.32 Å². The molecule has 4 aromatic rings. The van der Waals surface area contributed by atoms with Gasteiger partial charge in [-0.3, -0.25) is 9.38 Å². The fourth-order valence-corrected chi connectivity index (χ4v) is 2.60. The molecule has 0 unspecified atom stereocenters. The molecule has 0 radical (unpaired) electrons. The lowest BCUT2D eigenvalue weighted by molar-refractivity contribution is 0.630. The Morgan fingerprint density at radius 2 is 1.92 bits per heavy atom. The van der Waals surface area contributed by atoms with E-state index >= 15 is 0 Å². The van der Waals surface area contributed by atoms with Crippen molar-refractivity contribution in [3.05, 3.63) is 78.8 Å². The molecule has 0 bridgehead atoms. The van der Waals surface area contributed by atoms with Gasteiger partial charge in [0, 0.05) is 36.9 Å². The predicted octanol–water partition coefficient (Wildman–Crippen LogP) is 3.54. The number of fused-ring (bicyclic) bond motifs is 1. The van der Waals surface area contributed by atoms with Crippen LogP contribution in [0.2, 0.25) is 0 Å². The van der Waals surface area contributed by atoms with E-state index in [1.807, 2.05) is 16.5 Å². The normalized spacial score (nSPS) is 10.9. The van der Waals surface area contributed by atoms with Crippen LogP contribution in [0, 0.1) is 5.82 Å². The van der Waals surface area contributed by atoms with Gasteiger partial charge in [0.15, 0.2) is 11.5 Å². The van der Waals surface area contributed by atoms with Gasteiger partial charge in [0.2, 0.25) is 0 Å². The highest BCUT2D eigenvalue weighted by Gasteiger charge is 2.12. The van der Waals surface area contributed by atoms with Crippen LogP contribution in [-0.4, -0.2) is 19.4 Å². The fourth-order valence-electron chi connectivity index (χ4n) is 2.60. The van der Waals surface area contributed by atoms with Crippen molar-refractivity contribution in [1.29, 1.82) is 0 Å². The van der Waals surface area contributed by atoms with Gasteiger partial charge in [-0.1, -0.05) is 18.2 Å². The SMILES string of the molecule is Fc1ccccc1-c1cnc2c(NCc3cccnc3)nccn12.